The fraction of sp³-hybridized carbons (Fsp3) is 0.385. The van der Waals surface area contributed by atoms with Crippen molar-refractivity contribution >= 4 is 0 Å². The minimum Gasteiger partial charge on any atom is -0.486 e. The van der Waals surface area contributed by atoms with E-state index >= 15 is 0 Å². The van der Waals surface area contributed by atoms with Crippen molar-refractivity contribution in [3.63, 3.8) is 0 Å². The van der Waals surface area contributed by atoms with Gasteiger partial charge in [-0.2, -0.15) is 5.10 Å². The molecule has 2 aromatic rings. The quantitative estimate of drug-likeness (QED) is 0.877. The van der Waals surface area contributed by atoms with Gasteiger partial charge < -0.3 is 9.84 Å². The molecule has 5 nitrogen and oxygen atoms in total. The highest BCUT2D eigenvalue weighted by Crippen LogP contribution is 2.19. The van der Waals surface area contributed by atoms with E-state index in [4.69, 9.17) is 4.74 Å². The Labute approximate surface area is 106 Å². The second-order valence-corrected chi connectivity index (χ2v) is 4.03. The third-order valence-electron chi connectivity index (χ3n) is 2.70. The van der Waals surface area contributed by atoms with E-state index in [1.54, 1.807) is 11.6 Å². The number of aliphatic hydroxyl groups excluding tert-OH is 1. The number of aliphatic hydroxyl groups is 1. The number of hydrogen-bond donors (Lipinski definition) is 1. The summed E-state index contributed by atoms with van der Waals surface area (Å²) in [6.45, 7) is 4.88. The lowest BCUT2D eigenvalue weighted by Gasteiger charge is -2.09. The standard InChI is InChI=1S/C13H17N3O2/c1-3-16-13(14-9-15-16)8-18-12-6-4-5-11(7-12)10(2)17/h4-7,9-10,17H,3,8H2,1-2H3/t10-/m0/s1. The molecule has 1 heterocycles. The van der Waals surface area contributed by atoms with Crippen molar-refractivity contribution < 1.29 is 9.84 Å². The van der Waals surface area contributed by atoms with Gasteiger partial charge in [0.1, 0.15) is 18.7 Å². The summed E-state index contributed by atoms with van der Waals surface area (Å²) in [6, 6.07) is 7.42. The van der Waals surface area contributed by atoms with Crippen LogP contribution < -0.4 is 4.74 Å². The highest BCUT2D eigenvalue weighted by atomic mass is 16.5. The van der Waals surface area contributed by atoms with Crippen molar-refractivity contribution in [2.75, 3.05) is 0 Å². The first-order chi connectivity index (χ1) is 8.70. The molecule has 1 N–H and O–H groups in total. The molecule has 18 heavy (non-hydrogen) atoms. The fourth-order valence-corrected chi connectivity index (χ4v) is 1.68. The minimum atomic E-state index is -0.493. The molecule has 0 aliphatic rings. The number of aromatic nitrogens is 3. The van der Waals surface area contributed by atoms with Gasteiger partial charge in [-0.05, 0) is 31.5 Å². The van der Waals surface area contributed by atoms with Crippen LogP contribution in [0.3, 0.4) is 0 Å². The van der Waals surface area contributed by atoms with Crippen molar-refractivity contribution in [3.05, 3.63) is 42.0 Å². The Balaban J connectivity index is 2.04. The highest BCUT2D eigenvalue weighted by Gasteiger charge is 2.05. The molecule has 0 bridgehead atoms. The van der Waals surface area contributed by atoms with Crippen molar-refractivity contribution in [1.82, 2.24) is 14.8 Å². The van der Waals surface area contributed by atoms with Gasteiger partial charge in [-0.25, -0.2) is 9.67 Å². The van der Waals surface area contributed by atoms with Crippen molar-refractivity contribution in [3.8, 4) is 5.75 Å². The molecule has 0 spiro atoms. The van der Waals surface area contributed by atoms with Gasteiger partial charge in [0.25, 0.3) is 0 Å². The smallest absolute Gasteiger partial charge is 0.164 e. The molecule has 2 rings (SSSR count). The van der Waals surface area contributed by atoms with Crippen LogP contribution in [-0.4, -0.2) is 19.9 Å². The highest BCUT2D eigenvalue weighted by molar-refractivity contribution is 5.29. The second kappa shape index (κ2) is 5.64. The lowest BCUT2D eigenvalue weighted by molar-refractivity contribution is 0.198. The zero-order valence-electron chi connectivity index (χ0n) is 10.6. The molecule has 0 aliphatic carbocycles. The number of rotatable bonds is 5. The van der Waals surface area contributed by atoms with Gasteiger partial charge in [0, 0.05) is 6.54 Å². The van der Waals surface area contributed by atoms with Crippen LogP contribution in [0.2, 0.25) is 0 Å². The first-order valence-electron chi connectivity index (χ1n) is 5.98. The summed E-state index contributed by atoms with van der Waals surface area (Å²) in [6.07, 6.45) is 1.03. The first-order valence-corrected chi connectivity index (χ1v) is 5.98. The Hall–Kier alpha value is -1.88. The predicted octanol–water partition coefficient (Wildman–Crippen LogP) is 1.93. The Morgan fingerprint density at radius 3 is 3.00 bits per heavy atom. The van der Waals surface area contributed by atoms with Crippen LogP contribution in [-0.2, 0) is 13.2 Å². The van der Waals surface area contributed by atoms with Crippen LogP contribution in [0.1, 0.15) is 31.3 Å². The Morgan fingerprint density at radius 2 is 2.28 bits per heavy atom. The zero-order valence-corrected chi connectivity index (χ0v) is 10.6. The van der Waals surface area contributed by atoms with Crippen LogP contribution in [0.5, 0.6) is 5.75 Å². The van der Waals surface area contributed by atoms with E-state index in [2.05, 4.69) is 10.1 Å². The Morgan fingerprint density at radius 1 is 1.44 bits per heavy atom. The lowest BCUT2D eigenvalue weighted by Crippen LogP contribution is -2.07. The summed E-state index contributed by atoms with van der Waals surface area (Å²) in [5.74, 6) is 1.51. The molecule has 96 valence electrons. The molecule has 0 saturated heterocycles. The average molecular weight is 247 g/mol. The van der Waals surface area contributed by atoms with E-state index in [1.165, 1.54) is 6.33 Å². The zero-order chi connectivity index (χ0) is 13.0. The van der Waals surface area contributed by atoms with E-state index in [0.717, 1.165) is 23.7 Å². The molecule has 1 aromatic heterocycles. The van der Waals surface area contributed by atoms with Gasteiger partial charge in [0.05, 0.1) is 6.10 Å². The van der Waals surface area contributed by atoms with Crippen LogP contribution in [0.25, 0.3) is 0 Å². The normalized spacial score (nSPS) is 12.4. The molecule has 1 aromatic carbocycles. The van der Waals surface area contributed by atoms with Crippen molar-refractivity contribution in [2.24, 2.45) is 0 Å². The molecule has 0 aliphatic heterocycles. The molecule has 0 saturated carbocycles. The summed E-state index contributed by atoms with van der Waals surface area (Å²) in [5.41, 5.74) is 0.837. The summed E-state index contributed by atoms with van der Waals surface area (Å²) in [7, 11) is 0. The van der Waals surface area contributed by atoms with E-state index in [-0.39, 0.29) is 0 Å². The van der Waals surface area contributed by atoms with Gasteiger partial charge in [-0.1, -0.05) is 12.1 Å². The minimum absolute atomic E-state index is 0.372. The van der Waals surface area contributed by atoms with Crippen LogP contribution in [0, 0.1) is 0 Å². The third-order valence-corrected chi connectivity index (χ3v) is 2.70. The molecule has 0 fully saturated rings. The molecular weight excluding hydrogens is 230 g/mol. The number of nitrogens with zero attached hydrogens (tertiary/aromatic N) is 3. The summed E-state index contributed by atoms with van der Waals surface area (Å²) < 4.78 is 7.44. The maximum Gasteiger partial charge on any atom is 0.164 e. The predicted molar refractivity (Wildman–Crippen MR) is 67.1 cm³/mol. The largest absolute Gasteiger partial charge is 0.486 e. The summed E-state index contributed by atoms with van der Waals surface area (Å²) in [4.78, 5) is 4.14. The molecule has 0 amide bonds. The molecular formula is C13H17N3O2. The topological polar surface area (TPSA) is 60.2 Å². The number of aryl methyl sites for hydroxylation is 1. The Kier molecular flexibility index (Phi) is 3.94. The Bertz CT molecular complexity index is 508. The number of ether oxygens (including phenoxy) is 1. The second-order valence-electron chi connectivity index (χ2n) is 4.03. The van der Waals surface area contributed by atoms with Crippen LogP contribution in [0.15, 0.2) is 30.6 Å². The third kappa shape index (κ3) is 2.87. The van der Waals surface area contributed by atoms with Crippen molar-refractivity contribution in [1.29, 1.82) is 0 Å². The van der Waals surface area contributed by atoms with Crippen molar-refractivity contribution in [2.45, 2.75) is 33.1 Å². The summed E-state index contributed by atoms with van der Waals surface area (Å²) >= 11 is 0. The van der Waals surface area contributed by atoms with Crippen LogP contribution in [0.4, 0.5) is 0 Å². The average Bonchev–Trinajstić information content (AvgIpc) is 2.84. The monoisotopic (exact) mass is 247 g/mol. The van der Waals surface area contributed by atoms with Gasteiger partial charge in [-0.3, -0.25) is 0 Å². The van der Waals surface area contributed by atoms with E-state index < -0.39 is 6.10 Å². The van der Waals surface area contributed by atoms with Gasteiger partial charge in [-0.15, -0.1) is 0 Å². The maximum atomic E-state index is 9.50. The fourth-order valence-electron chi connectivity index (χ4n) is 1.68. The molecule has 0 radical (unpaired) electrons. The van der Waals surface area contributed by atoms with Crippen LogP contribution >= 0.6 is 0 Å². The van der Waals surface area contributed by atoms with E-state index in [9.17, 15) is 5.11 Å². The van der Waals surface area contributed by atoms with E-state index in [1.807, 2.05) is 31.2 Å². The first kappa shape index (κ1) is 12.6. The van der Waals surface area contributed by atoms with E-state index in [0.29, 0.717) is 6.61 Å². The number of hydrogen-bond acceptors (Lipinski definition) is 4. The lowest BCUT2D eigenvalue weighted by atomic mass is 10.1. The van der Waals surface area contributed by atoms with Gasteiger partial charge >= 0.3 is 0 Å². The maximum absolute atomic E-state index is 9.50. The van der Waals surface area contributed by atoms with Gasteiger partial charge in [0.2, 0.25) is 0 Å². The number of benzene rings is 1. The summed E-state index contributed by atoms with van der Waals surface area (Å²) in [5, 5.41) is 13.6. The SMILES string of the molecule is CCn1ncnc1COc1cccc([C@H](C)O)c1. The molecule has 1 atom stereocenters. The molecule has 5 heteroatoms. The van der Waals surface area contributed by atoms with Gasteiger partial charge in [0.15, 0.2) is 5.82 Å². The molecule has 0 unspecified atom stereocenters.